The highest BCUT2D eigenvalue weighted by atomic mass is 32.2. The van der Waals surface area contributed by atoms with Crippen molar-refractivity contribution in [3.8, 4) is 11.4 Å². The fourth-order valence-electron chi connectivity index (χ4n) is 3.52. The van der Waals surface area contributed by atoms with Gasteiger partial charge in [-0.3, -0.25) is 20.4 Å². The number of rotatable bonds is 7. The molecule has 36 heavy (non-hydrogen) atoms. The first-order valence-electron chi connectivity index (χ1n) is 11.1. The summed E-state index contributed by atoms with van der Waals surface area (Å²) in [6, 6.07) is 24.4. The molecule has 9 nitrogen and oxygen atoms in total. The summed E-state index contributed by atoms with van der Waals surface area (Å²) in [5.41, 5.74) is 9.04. The zero-order valence-electron chi connectivity index (χ0n) is 19.3. The minimum absolute atomic E-state index is 0.0552. The fourth-order valence-corrected chi connectivity index (χ4v) is 4.37. The second-order valence-electron chi connectivity index (χ2n) is 7.78. The first-order chi connectivity index (χ1) is 17.6. The van der Waals surface area contributed by atoms with Gasteiger partial charge in [-0.2, -0.15) is 5.10 Å². The molecule has 0 radical (unpaired) electrons. The van der Waals surface area contributed by atoms with Gasteiger partial charge < -0.3 is 9.72 Å². The van der Waals surface area contributed by atoms with E-state index < -0.39 is 11.8 Å². The molecule has 0 aliphatic carbocycles. The summed E-state index contributed by atoms with van der Waals surface area (Å²) >= 11 is 1.58. The third-order valence-electron chi connectivity index (χ3n) is 5.39. The Kier molecular flexibility index (Phi) is 6.67. The zero-order chi connectivity index (χ0) is 24.9. The van der Waals surface area contributed by atoms with Gasteiger partial charge in [0.1, 0.15) is 0 Å². The van der Waals surface area contributed by atoms with Crippen LogP contribution in [0.4, 0.5) is 0 Å². The zero-order valence-corrected chi connectivity index (χ0v) is 20.1. The van der Waals surface area contributed by atoms with Crippen molar-refractivity contribution in [1.29, 1.82) is 0 Å². The topological polar surface area (TPSA) is 114 Å². The normalized spacial score (nSPS) is 10.8. The second-order valence-corrected chi connectivity index (χ2v) is 8.74. The van der Waals surface area contributed by atoms with Crippen LogP contribution in [0, 0.1) is 0 Å². The number of nitrogens with zero attached hydrogens (tertiary/aromatic N) is 3. The van der Waals surface area contributed by atoms with E-state index in [1.165, 1.54) is 11.8 Å². The maximum absolute atomic E-state index is 12.7. The number of amides is 2. The lowest BCUT2D eigenvalue weighted by Gasteiger charge is -2.07. The van der Waals surface area contributed by atoms with Gasteiger partial charge in [0.2, 0.25) is 0 Å². The molecular formula is C26H22N6O3S. The van der Waals surface area contributed by atoms with Gasteiger partial charge in [-0.05, 0) is 42.0 Å². The maximum atomic E-state index is 12.7. The number of aromatic amines is 1. The molecule has 0 atom stereocenters. The van der Waals surface area contributed by atoms with Gasteiger partial charge in [-0.15, -0.1) is 0 Å². The quantitative estimate of drug-likeness (QED) is 0.230. The summed E-state index contributed by atoms with van der Waals surface area (Å²) in [5, 5.41) is 5.13. The number of hydrogen-bond donors (Lipinski definition) is 3. The van der Waals surface area contributed by atoms with Crippen molar-refractivity contribution < 1.29 is 14.3 Å². The predicted octanol–water partition coefficient (Wildman–Crippen LogP) is 4.12. The Morgan fingerprint density at radius 1 is 0.944 bits per heavy atom. The fraction of sp³-hybridized carbons (Fsp3) is 0.0769. The molecule has 5 aromatic rings. The van der Waals surface area contributed by atoms with Gasteiger partial charge in [0, 0.05) is 11.3 Å². The average Bonchev–Trinajstić information content (AvgIpc) is 3.55. The number of aromatic nitrogens is 4. The molecule has 0 aliphatic heterocycles. The van der Waals surface area contributed by atoms with Crippen molar-refractivity contribution >= 4 is 34.6 Å². The number of H-pyrrole nitrogens is 1. The van der Waals surface area contributed by atoms with Crippen LogP contribution < -0.4 is 15.6 Å². The number of benzene rings is 3. The first-order valence-corrected chi connectivity index (χ1v) is 12.1. The van der Waals surface area contributed by atoms with Crippen molar-refractivity contribution in [2.45, 2.75) is 10.9 Å². The van der Waals surface area contributed by atoms with E-state index in [9.17, 15) is 9.59 Å². The minimum atomic E-state index is -0.589. The van der Waals surface area contributed by atoms with Crippen LogP contribution in [-0.2, 0) is 5.75 Å². The standard InChI is InChI=1S/C26H22N6O3S/c1-35-22-15-32(19-7-3-2-4-8-19)31-23(22)25(34)30-29-24(33)18-13-11-17(12-14-18)16-36-26-27-20-9-5-6-10-21(20)28-26/h2-15H,16H2,1H3,(H,27,28)(H,29,33)(H,30,34). The Labute approximate surface area is 210 Å². The highest BCUT2D eigenvalue weighted by molar-refractivity contribution is 7.98. The summed E-state index contributed by atoms with van der Waals surface area (Å²) in [5.74, 6) is -0.0468. The van der Waals surface area contributed by atoms with Crippen LogP contribution in [0.3, 0.4) is 0 Å². The molecule has 0 saturated heterocycles. The molecule has 0 saturated carbocycles. The van der Waals surface area contributed by atoms with Gasteiger partial charge >= 0.3 is 0 Å². The summed E-state index contributed by atoms with van der Waals surface area (Å²) in [6.45, 7) is 0. The van der Waals surface area contributed by atoms with Crippen LogP contribution >= 0.6 is 11.8 Å². The molecule has 0 bridgehead atoms. The van der Waals surface area contributed by atoms with Gasteiger partial charge in [-0.1, -0.05) is 54.2 Å². The number of hydrazine groups is 1. The van der Waals surface area contributed by atoms with Crippen molar-refractivity contribution in [3.63, 3.8) is 0 Å². The van der Waals surface area contributed by atoms with E-state index in [-0.39, 0.29) is 11.4 Å². The largest absolute Gasteiger partial charge is 0.493 e. The Morgan fingerprint density at radius 3 is 2.42 bits per heavy atom. The number of carbonyl (C=O) groups is 2. The third kappa shape index (κ3) is 5.08. The van der Waals surface area contributed by atoms with Crippen LogP contribution in [0.25, 0.3) is 16.7 Å². The van der Waals surface area contributed by atoms with Gasteiger partial charge in [0.05, 0.1) is 30.0 Å². The molecule has 2 amide bonds. The van der Waals surface area contributed by atoms with Crippen LogP contribution in [0.15, 0.2) is 90.2 Å². The number of imidazole rings is 1. The molecule has 2 aromatic heterocycles. The number of ether oxygens (including phenoxy) is 1. The Morgan fingerprint density at radius 2 is 1.67 bits per heavy atom. The molecule has 0 aliphatic rings. The monoisotopic (exact) mass is 498 g/mol. The van der Waals surface area contributed by atoms with E-state index in [0.717, 1.165) is 27.4 Å². The van der Waals surface area contributed by atoms with E-state index in [2.05, 4.69) is 25.9 Å². The van der Waals surface area contributed by atoms with Crippen LogP contribution in [0.1, 0.15) is 26.4 Å². The molecule has 3 N–H and O–H groups in total. The summed E-state index contributed by atoms with van der Waals surface area (Å²) < 4.78 is 6.82. The Hall–Kier alpha value is -4.57. The molecule has 0 fully saturated rings. The second kappa shape index (κ2) is 10.4. The first kappa shape index (κ1) is 23.2. The lowest BCUT2D eigenvalue weighted by Crippen LogP contribution is -2.42. The summed E-state index contributed by atoms with van der Waals surface area (Å²) in [4.78, 5) is 33.0. The number of fused-ring (bicyclic) bond motifs is 1. The predicted molar refractivity (Wildman–Crippen MR) is 137 cm³/mol. The van der Waals surface area contributed by atoms with Crippen molar-refractivity contribution in [2.24, 2.45) is 0 Å². The van der Waals surface area contributed by atoms with Crippen LogP contribution in [0.2, 0.25) is 0 Å². The Balaban J connectivity index is 1.17. The summed E-state index contributed by atoms with van der Waals surface area (Å²) in [6.07, 6.45) is 1.61. The number of nitrogens with one attached hydrogen (secondary N) is 3. The maximum Gasteiger partial charge on any atom is 0.294 e. The SMILES string of the molecule is COc1cn(-c2ccccc2)nc1C(=O)NNC(=O)c1ccc(CSc2nc3ccccc3[nH]2)cc1. The molecular weight excluding hydrogens is 476 g/mol. The highest BCUT2D eigenvalue weighted by Crippen LogP contribution is 2.23. The highest BCUT2D eigenvalue weighted by Gasteiger charge is 2.19. The number of para-hydroxylation sites is 3. The Bertz CT molecular complexity index is 1480. The lowest BCUT2D eigenvalue weighted by molar-refractivity contribution is 0.0842. The van der Waals surface area contributed by atoms with Gasteiger partial charge in [-0.25, -0.2) is 9.67 Å². The molecule has 2 heterocycles. The van der Waals surface area contributed by atoms with E-state index in [0.29, 0.717) is 11.3 Å². The molecule has 3 aromatic carbocycles. The van der Waals surface area contributed by atoms with Crippen LogP contribution in [0.5, 0.6) is 5.75 Å². The number of carbonyl (C=O) groups excluding carboxylic acids is 2. The van der Waals surface area contributed by atoms with Crippen molar-refractivity contribution in [2.75, 3.05) is 7.11 Å². The third-order valence-corrected chi connectivity index (χ3v) is 6.33. The molecule has 180 valence electrons. The minimum Gasteiger partial charge on any atom is -0.493 e. The van der Waals surface area contributed by atoms with Gasteiger partial charge in [0.25, 0.3) is 11.8 Å². The molecule has 5 rings (SSSR count). The van der Waals surface area contributed by atoms with Crippen molar-refractivity contribution in [3.05, 3.63) is 102 Å². The van der Waals surface area contributed by atoms with E-state index in [4.69, 9.17) is 4.74 Å². The molecule has 0 spiro atoms. The smallest absolute Gasteiger partial charge is 0.294 e. The number of hydrogen-bond acceptors (Lipinski definition) is 6. The van der Waals surface area contributed by atoms with Crippen LogP contribution in [-0.4, -0.2) is 38.7 Å². The summed E-state index contributed by atoms with van der Waals surface area (Å²) in [7, 11) is 1.45. The average molecular weight is 499 g/mol. The van der Waals surface area contributed by atoms with E-state index >= 15 is 0 Å². The molecule has 10 heteroatoms. The molecule has 0 unspecified atom stereocenters. The van der Waals surface area contributed by atoms with Gasteiger partial charge in [0.15, 0.2) is 16.6 Å². The van der Waals surface area contributed by atoms with E-state index in [1.807, 2.05) is 66.7 Å². The van der Waals surface area contributed by atoms with E-state index in [1.54, 1.807) is 30.1 Å². The van der Waals surface area contributed by atoms with Crippen molar-refractivity contribution in [1.82, 2.24) is 30.6 Å². The lowest BCUT2D eigenvalue weighted by atomic mass is 10.1. The number of methoxy groups -OCH3 is 1. The number of thioether (sulfide) groups is 1.